The van der Waals surface area contributed by atoms with Gasteiger partial charge < -0.3 is 16.8 Å². The van der Waals surface area contributed by atoms with Crippen LogP contribution >= 0.6 is 0 Å². The second-order valence-electron chi connectivity index (χ2n) is 6.51. The molecular weight excluding hydrogens is 385 g/mol. The summed E-state index contributed by atoms with van der Waals surface area (Å²) in [7, 11) is 0. The molecular formula is C21H16FN7O. The van der Waals surface area contributed by atoms with Gasteiger partial charge in [0.2, 0.25) is 5.95 Å². The van der Waals surface area contributed by atoms with Gasteiger partial charge in [0.1, 0.15) is 23.3 Å². The van der Waals surface area contributed by atoms with Crippen LogP contribution in [0.15, 0.2) is 59.5 Å². The van der Waals surface area contributed by atoms with Crippen molar-refractivity contribution >= 4 is 23.1 Å². The lowest BCUT2D eigenvalue weighted by atomic mass is 10.0. The molecule has 0 fully saturated rings. The van der Waals surface area contributed by atoms with Crippen LogP contribution in [0.4, 0.5) is 22.0 Å². The number of hydrogen-bond donors (Lipinski definition) is 3. The fourth-order valence-corrected chi connectivity index (χ4v) is 3.25. The number of nitriles is 1. The third-order valence-corrected chi connectivity index (χ3v) is 4.59. The fraction of sp³-hybridized carbons (Fsp3) is 0.0476. The van der Waals surface area contributed by atoms with Crippen LogP contribution in [-0.4, -0.2) is 14.4 Å². The highest BCUT2D eigenvalue weighted by Gasteiger charge is 2.16. The standard InChI is InChI=1S/C21H16FN7O/c22-14-6-7-15-8-13(10-26-19-16(9-23)18(24)27-21(25)28-19)17(20(30)29(15)11-14)12-4-2-1-3-5-12/h1-8,11H,10H2,(H5,24,25,26,27,28). The number of rotatable bonds is 4. The molecule has 3 aromatic heterocycles. The molecule has 3 heterocycles. The Morgan fingerprint density at radius 1 is 1.13 bits per heavy atom. The Labute approximate surface area is 170 Å². The van der Waals surface area contributed by atoms with Gasteiger partial charge in [0.25, 0.3) is 5.56 Å². The van der Waals surface area contributed by atoms with Gasteiger partial charge >= 0.3 is 0 Å². The Morgan fingerprint density at radius 3 is 2.63 bits per heavy atom. The third-order valence-electron chi connectivity index (χ3n) is 4.59. The zero-order chi connectivity index (χ0) is 21.3. The average molecular weight is 401 g/mol. The maximum atomic E-state index is 13.7. The monoisotopic (exact) mass is 401 g/mol. The van der Waals surface area contributed by atoms with Crippen molar-refractivity contribution in [2.24, 2.45) is 0 Å². The summed E-state index contributed by atoms with van der Waals surface area (Å²) in [4.78, 5) is 21.0. The minimum absolute atomic E-state index is 0.0372. The van der Waals surface area contributed by atoms with Gasteiger partial charge in [-0.3, -0.25) is 9.20 Å². The summed E-state index contributed by atoms with van der Waals surface area (Å²) in [5, 5.41) is 12.4. The largest absolute Gasteiger partial charge is 0.382 e. The molecule has 0 aliphatic rings. The van der Waals surface area contributed by atoms with Crippen LogP contribution in [0.1, 0.15) is 11.1 Å². The number of nitrogens with one attached hydrogen (secondary N) is 1. The molecule has 9 heteroatoms. The summed E-state index contributed by atoms with van der Waals surface area (Å²) in [5.74, 6) is -0.461. The Kier molecular flexibility index (Phi) is 4.74. The van der Waals surface area contributed by atoms with E-state index in [0.717, 1.165) is 6.20 Å². The molecule has 5 N–H and O–H groups in total. The summed E-state index contributed by atoms with van der Waals surface area (Å²) in [5.41, 5.74) is 13.3. The van der Waals surface area contributed by atoms with Gasteiger partial charge in [-0.05, 0) is 29.3 Å². The maximum absolute atomic E-state index is 13.7. The van der Waals surface area contributed by atoms with Gasteiger partial charge in [-0.25, -0.2) is 4.39 Å². The molecule has 0 amide bonds. The molecule has 30 heavy (non-hydrogen) atoms. The normalized spacial score (nSPS) is 10.7. The molecule has 0 radical (unpaired) electrons. The summed E-state index contributed by atoms with van der Waals surface area (Å²) in [6.07, 6.45) is 1.15. The van der Waals surface area contributed by atoms with E-state index in [1.165, 1.54) is 16.5 Å². The minimum Gasteiger partial charge on any atom is -0.382 e. The van der Waals surface area contributed by atoms with Gasteiger partial charge in [0.05, 0.1) is 5.56 Å². The van der Waals surface area contributed by atoms with Gasteiger partial charge in [0.15, 0.2) is 5.82 Å². The number of aromatic nitrogens is 3. The van der Waals surface area contributed by atoms with E-state index in [-0.39, 0.29) is 35.3 Å². The Hall–Kier alpha value is -4.45. The van der Waals surface area contributed by atoms with Crippen molar-refractivity contribution in [1.29, 1.82) is 5.26 Å². The molecule has 8 nitrogen and oxygen atoms in total. The van der Waals surface area contributed by atoms with E-state index in [1.54, 1.807) is 18.2 Å². The number of halogens is 1. The number of fused-ring (bicyclic) bond motifs is 1. The van der Waals surface area contributed by atoms with Crippen LogP contribution in [0, 0.1) is 17.1 Å². The van der Waals surface area contributed by atoms with Crippen LogP contribution in [0.5, 0.6) is 0 Å². The molecule has 0 aliphatic heterocycles. The summed E-state index contributed by atoms with van der Waals surface area (Å²) < 4.78 is 15.0. The Morgan fingerprint density at radius 2 is 1.90 bits per heavy atom. The molecule has 0 unspecified atom stereocenters. The molecule has 1 aromatic carbocycles. The first-order valence-electron chi connectivity index (χ1n) is 8.94. The van der Waals surface area contributed by atoms with Gasteiger partial charge in [-0.1, -0.05) is 30.3 Å². The maximum Gasteiger partial charge on any atom is 0.263 e. The molecule has 0 spiro atoms. The predicted octanol–water partition coefficient (Wildman–Crippen LogP) is 2.54. The quantitative estimate of drug-likeness (QED) is 0.478. The number of nitrogens with zero attached hydrogens (tertiary/aromatic N) is 4. The van der Waals surface area contributed by atoms with Crippen LogP contribution in [0.25, 0.3) is 16.6 Å². The second-order valence-corrected chi connectivity index (χ2v) is 6.51. The first kappa shape index (κ1) is 18.9. The Bertz CT molecular complexity index is 1360. The zero-order valence-electron chi connectivity index (χ0n) is 15.6. The molecule has 0 aliphatic carbocycles. The smallest absolute Gasteiger partial charge is 0.263 e. The summed E-state index contributed by atoms with van der Waals surface area (Å²) >= 11 is 0. The van der Waals surface area contributed by atoms with Crippen molar-refractivity contribution in [1.82, 2.24) is 14.4 Å². The van der Waals surface area contributed by atoms with Crippen molar-refractivity contribution in [2.45, 2.75) is 6.54 Å². The van der Waals surface area contributed by atoms with Gasteiger partial charge in [0, 0.05) is 18.3 Å². The zero-order valence-corrected chi connectivity index (χ0v) is 15.6. The van der Waals surface area contributed by atoms with E-state index in [2.05, 4.69) is 15.3 Å². The van der Waals surface area contributed by atoms with E-state index in [4.69, 9.17) is 11.5 Å². The van der Waals surface area contributed by atoms with Gasteiger partial charge in [-0.15, -0.1) is 0 Å². The van der Waals surface area contributed by atoms with Crippen molar-refractivity contribution in [3.05, 3.63) is 82.0 Å². The van der Waals surface area contributed by atoms with Crippen LogP contribution in [-0.2, 0) is 6.54 Å². The van der Waals surface area contributed by atoms with E-state index < -0.39 is 5.82 Å². The topological polar surface area (TPSA) is 135 Å². The van der Waals surface area contributed by atoms with Crippen LogP contribution < -0.4 is 22.3 Å². The fourth-order valence-electron chi connectivity index (χ4n) is 3.25. The molecule has 0 bridgehead atoms. The van der Waals surface area contributed by atoms with Crippen molar-refractivity contribution in [2.75, 3.05) is 16.8 Å². The highest BCUT2D eigenvalue weighted by Crippen LogP contribution is 2.24. The molecule has 0 saturated carbocycles. The number of benzene rings is 1. The third kappa shape index (κ3) is 3.38. The second kappa shape index (κ2) is 7.52. The molecule has 4 rings (SSSR count). The number of anilines is 3. The number of hydrogen-bond acceptors (Lipinski definition) is 7. The highest BCUT2D eigenvalue weighted by molar-refractivity contribution is 5.71. The van der Waals surface area contributed by atoms with E-state index >= 15 is 0 Å². The number of pyridine rings is 2. The molecule has 148 valence electrons. The lowest BCUT2D eigenvalue weighted by molar-refractivity contribution is 0.618. The van der Waals surface area contributed by atoms with Crippen molar-refractivity contribution in [3.63, 3.8) is 0 Å². The first-order chi connectivity index (χ1) is 14.5. The minimum atomic E-state index is -0.514. The van der Waals surface area contributed by atoms with Crippen LogP contribution in [0.2, 0.25) is 0 Å². The van der Waals surface area contributed by atoms with Crippen LogP contribution in [0.3, 0.4) is 0 Å². The molecule has 0 atom stereocenters. The lowest BCUT2D eigenvalue weighted by Crippen LogP contribution is -2.20. The lowest BCUT2D eigenvalue weighted by Gasteiger charge is -2.14. The first-order valence-corrected chi connectivity index (χ1v) is 8.94. The summed E-state index contributed by atoms with van der Waals surface area (Å²) in [6, 6.07) is 15.6. The summed E-state index contributed by atoms with van der Waals surface area (Å²) in [6.45, 7) is 0.151. The SMILES string of the molecule is N#Cc1c(N)nc(N)nc1NCc1cc2ccc(F)cn2c(=O)c1-c1ccccc1. The predicted molar refractivity (Wildman–Crippen MR) is 112 cm³/mol. The van der Waals surface area contributed by atoms with Crippen molar-refractivity contribution < 1.29 is 4.39 Å². The Balaban J connectivity index is 1.86. The molecule has 0 saturated heterocycles. The number of nitrogens with two attached hydrogens (primary N) is 2. The molecule has 4 aromatic rings. The van der Waals surface area contributed by atoms with Gasteiger partial charge in [-0.2, -0.15) is 15.2 Å². The highest BCUT2D eigenvalue weighted by atomic mass is 19.1. The van der Waals surface area contributed by atoms with E-state index in [0.29, 0.717) is 22.2 Å². The van der Waals surface area contributed by atoms with E-state index in [1.807, 2.05) is 24.3 Å². The van der Waals surface area contributed by atoms with E-state index in [9.17, 15) is 14.4 Å². The van der Waals surface area contributed by atoms with Crippen molar-refractivity contribution in [3.8, 4) is 17.2 Å². The average Bonchev–Trinajstić information content (AvgIpc) is 2.73. The number of nitrogen functional groups attached to an aromatic ring is 2.